The Labute approximate surface area is 142 Å². The summed E-state index contributed by atoms with van der Waals surface area (Å²) in [6.45, 7) is 0.726. The van der Waals surface area contributed by atoms with Crippen molar-refractivity contribution >= 4 is 28.5 Å². The Morgan fingerprint density at radius 3 is 2.92 bits per heavy atom. The zero-order valence-electron chi connectivity index (χ0n) is 12.7. The minimum Gasteiger partial charge on any atom is -0.453 e. The van der Waals surface area contributed by atoms with Crippen LogP contribution in [0.5, 0.6) is 11.5 Å². The summed E-state index contributed by atoms with van der Waals surface area (Å²) >= 11 is 1.39. The Morgan fingerprint density at radius 1 is 1.25 bits per heavy atom. The summed E-state index contributed by atoms with van der Waals surface area (Å²) in [7, 11) is 0. The zero-order chi connectivity index (χ0) is 16.5. The number of anilines is 1. The van der Waals surface area contributed by atoms with Crippen LogP contribution in [0, 0.1) is 0 Å². The number of rotatable bonds is 3. The van der Waals surface area contributed by atoms with Crippen LogP contribution in [0.15, 0.2) is 47.6 Å². The molecule has 7 heteroatoms. The topological polar surface area (TPSA) is 85.6 Å². The van der Waals surface area contributed by atoms with Gasteiger partial charge in [0.1, 0.15) is 0 Å². The average molecular weight is 341 g/mol. The first kappa shape index (κ1) is 14.6. The molecule has 0 fully saturated rings. The maximum Gasteiger partial charge on any atom is 0.265 e. The van der Waals surface area contributed by atoms with Crippen LogP contribution in [0.2, 0.25) is 0 Å². The number of hydrogen-bond acceptors (Lipinski definition) is 6. The maximum absolute atomic E-state index is 12.3. The van der Waals surface area contributed by atoms with Crippen LogP contribution in [-0.4, -0.2) is 19.2 Å². The summed E-state index contributed by atoms with van der Waals surface area (Å²) in [4.78, 5) is 12.9. The number of carbonyl (C=O) groups is 1. The van der Waals surface area contributed by atoms with Crippen molar-refractivity contribution in [2.75, 3.05) is 18.7 Å². The first-order valence-electron chi connectivity index (χ1n) is 7.40. The molecule has 24 heavy (non-hydrogen) atoms. The van der Waals surface area contributed by atoms with Crippen molar-refractivity contribution < 1.29 is 14.3 Å². The van der Waals surface area contributed by atoms with E-state index in [4.69, 9.17) is 15.2 Å². The molecule has 0 atom stereocenters. The normalized spacial score (nSPS) is 15.3. The molecule has 4 N–H and O–H groups in total. The molecule has 3 heterocycles. The van der Waals surface area contributed by atoms with Gasteiger partial charge >= 0.3 is 0 Å². The monoisotopic (exact) mass is 341 g/mol. The van der Waals surface area contributed by atoms with Crippen molar-refractivity contribution in [3.05, 3.63) is 58.1 Å². The summed E-state index contributed by atoms with van der Waals surface area (Å²) in [5, 5.41) is 7.87. The minimum atomic E-state index is -0.170. The van der Waals surface area contributed by atoms with Gasteiger partial charge < -0.3 is 25.8 Å². The summed E-state index contributed by atoms with van der Waals surface area (Å²) in [5.41, 5.74) is 9.15. The molecule has 1 aromatic heterocycles. The van der Waals surface area contributed by atoms with Gasteiger partial charge in [-0.05, 0) is 35.9 Å². The Morgan fingerprint density at radius 2 is 2.12 bits per heavy atom. The lowest BCUT2D eigenvalue weighted by atomic mass is 10.00. The molecule has 0 spiro atoms. The third kappa shape index (κ3) is 2.48. The fraction of sp³-hybridized carbons (Fsp3) is 0.118. The van der Waals surface area contributed by atoms with Crippen LogP contribution < -0.4 is 25.8 Å². The number of amides is 1. The standard InChI is InChI=1S/C17H15N3O3S/c18-12-5-6-19-8-11(12)10-3-4-13(16-15(10)22-9-23-16)20-17(21)14-2-1-7-24-14/h1-7,19H,8-9,18H2,(H,20,21). The number of carbonyl (C=O) groups excluding carboxylic acids is 1. The van der Waals surface area contributed by atoms with E-state index in [0.29, 0.717) is 34.3 Å². The smallest absolute Gasteiger partial charge is 0.265 e. The summed E-state index contributed by atoms with van der Waals surface area (Å²) < 4.78 is 11.2. The molecule has 4 rings (SSSR count). The predicted octanol–water partition coefficient (Wildman–Crippen LogP) is 2.52. The van der Waals surface area contributed by atoms with Crippen LogP contribution in [0.3, 0.4) is 0 Å². The fourth-order valence-electron chi connectivity index (χ4n) is 2.69. The molecule has 6 nitrogen and oxygen atoms in total. The molecule has 0 saturated carbocycles. The van der Waals surface area contributed by atoms with Crippen LogP contribution in [0.1, 0.15) is 15.2 Å². The van der Waals surface area contributed by atoms with Crippen LogP contribution in [0.25, 0.3) is 5.57 Å². The number of fused-ring (bicyclic) bond motifs is 1. The lowest BCUT2D eigenvalue weighted by molar-refractivity contribution is 0.102. The number of dihydropyridines is 1. The third-order valence-corrected chi connectivity index (χ3v) is 4.71. The molecular weight excluding hydrogens is 326 g/mol. The number of hydrogen-bond donors (Lipinski definition) is 3. The van der Waals surface area contributed by atoms with Crippen molar-refractivity contribution in [1.82, 2.24) is 5.32 Å². The number of thiophene rings is 1. The Bertz CT molecular complexity index is 856. The van der Waals surface area contributed by atoms with E-state index in [2.05, 4.69) is 10.6 Å². The highest BCUT2D eigenvalue weighted by Gasteiger charge is 2.26. The van der Waals surface area contributed by atoms with E-state index >= 15 is 0 Å². The van der Waals surface area contributed by atoms with Crippen molar-refractivity contribution in [3.63, 3.8) is 0 Å². The summed E-state index contributed by atoms with van der Waals surface area (Å²) in [6.07, 6.45) is 3.62. The van der Waals surface area contributed by atoms with E-state index in [9.17, 15) is 4.79 Å². The largest absolute Gasteiger partial charge is 0.453 e. The highest BCUT2D eigenvalue weighted by atomic mass is 32.1. The van der Waals surface area contributed by atoms with E-state index in [1.807, 2.05) is 35.9 Å². The average Bonchev–Trinajstić information content (AvgIpc) is 3.28. The van der Waals surface area contributed by atoms with Crippen molar-refractivity contribution in [3.8, 4) is 11.5 Å². The Hall–Kier alpha value is -2.93. The van der Waals surface area contributed by atoms with E-state index in [1.165, 1.54) is 11.3 Å². The lowest BCUT2D eigenvalue weighted by Gasteiger charge is -2.17. The van der Waals surface area contributed by atoms with Crippen molar-refractivity contribution in [1.29, 1.82) is 0 Å². The maximum atomic E-state index is 12.3. The molecule has 2 aliphatic rings. The molecule has 122 valence electrons. The molecular formula is C17H15N3O3S. The summed E-state index contributed by atoms with van der Waals surface area (Å²) in [5.74, 6) is 0.970. The van der Waals surface area contributed by atoms with Gasteiger partial charge in [-0.15, -0.1) is 11.3 Å². The molecule has 0 bridgehead atoms. The second-order valence-electron chi connectivity index (χ2n) is 5.31. The molecule has 0 unspecified atom stereocenters. The van der Waals surface area contributed by atoms with Crippen molar-refractivity contribution in [2.24, 2.45) is 5.73 Å². The SMILES string of the molecule is NC1=C(c2ccc(NC(=O)c3cccs3)c3c2OCO3)CNC=C1. The Balaban J connectivity index is 1.70. The van der Waals surface area contributed by atoms with Crippen LogP contribution >= 0.6 is 11.3 Å². The number of nitrogens with one attached hydrogen (secondary N) is 2. The van der Waals surface area contributed by atoms with E-state index < -0.39 is 0 Å². The first-order valence-corrected chi connectivity index (χ1v) is 8.28. The third-order valence-electron chi connectivity index (χ3n) is 3.85. The van der Waals surface area contributed by atoms with Gasteiger partial charge in [0.2, 0.25) is 6.79 Å². The van der Waals surface area contributed by atoms with Crippen molar-refractivity contribution in [2.45, 2.75) is 0 Å². The Kier molecular flexibility index (Phi) is 3.62. The lowest BCUT2D eigenvalue weighted by Crippen LogP contribution is -2.18. The van der Waals surface area contributed by atoms with Crippen LogP contribution in [0.4, 0.5) is 5.69 Å². The van der Waals surface area contributed by atoms with Gasteiger partial charge in [-0.3, -0.25) is 4.79 Å². The molecule has 2 aromatic rings. The van der Waals surface area contributed by atoms with Gasteiger partial charge in [-0.1, -0.05) is 6.07 Å². The molecule has 0 saturated heterocycles. The number of nitrogens with two attached hydrogens (primary N) is 1. The van der Waals surface area contributed by atoms with Gasteiger partial charge in [0, 0.05) is 23.4 Å². The molecule has 2 aliphatic heterocycles. The number of ether oxygens (including phenoxy) is 2. The number of benzene rings is 1. The molecule has 1 aromatic carbocycles. The highest BCUT2D eigenvalue weighted by molar-refractivity contribution is 7.12. The van der Waals surface area contributed by atoms with Gasteiger partial charge in [-0.25, -0.2) is 0 Å². The first-order chi connectivity index (χ1) is 11.7. The molecule has 1 amide bonds. The number of allylic oxidation sites excluding steroid dienone is 1. The van der Waals surface area contributed by atoms with Gasteiger partial charge in [0.05, 0.1) is 10.6 Å². The van der Waals surface area contributed by atoms with Gasteiger partial charge in [-0.2, -0.15) is 0 Å². The predicted molar refractivity (Wildman–Crippen MR) is 93.1 cm³/mol. The molecule has 0 radical (unpaired) electrons. The highest BCUT2D eigenvalue weighted by Crippen LogP contribution is 2.45. The quantitative estimate of drug-likeness (QED) is 0.799. The van der Waals surface area contributed by atoms with E-state index in [0.717, 1.165) is 11.1 Å². The van der Waals surface area contributed by atoms with Gasteiger partial charge in [0.25, 0.3) is 5.91 Å². The van der Waals surface area contributed by atoms with Crippen LogP contribution in [-0.2, 0) is 0 Å². The van der Waals surface area contributed by atoms with E-state index in [-0.39, 0.29) is 12.7 Å². The van der Waals surface area contributed by atoms with Gasteiger partial charge in [0.15, 0.2) is 11.5 Å². The second kappa shape index (κ2) is 5.93. The second-order valence-corrected chi connectivity index (χ2v) is 6.25. The molecule has 0 aliphatic carbocycles. The summed E-state index contributed by atoms with van der Waals surface area (Å²) in [6, 6.07) is 7.32. The fourth-order valence-corrected chi connectivity index (χ4v) is 3.31. The zero-order valence-corrected chi connectivity index (χ0v) is 13.5. The van der Waals surface area contributed by atoms with E-state index in [1.54, 1.807) is 6.07 Å². The minimum absolute atomic E-state index is 0.116.